The number of hydrogen-bond acceptors (Lipinski definition) is 2. The minimum absolute atomic E-state index is 0.118. The lowest BCUT2D eigenvalue weighted by molar-refractivity contribution is 0.200. The summed E-state index contributed by atoms with van der Waals surface area (Å²) < 4.78 is 13.0. The average Bonchev–Trinajstić information content (AvgIpc) is 2.13. The van der Waals surface area contributed by atoms with Crippen molar-refractivity contribution in [3.63, 3.8) is 0 Å². The molecule has 1 N–H and O–H groups in total. The molecule has 1 nitrogen and oxygen atoms in total. The molecule has 0 spiro atoms. The topological polar surface area (TPSA) is 20.2 Å². The molecule has 0 heterocycles. The molecule has 0 fully saturated rings. The molecule has 0 aliphatic rings. The zero-order chi connectivity index (χ0) is 10.6. The van der Waals surface area contributed by atoms with Gasteiger partial charge < -0.3 is 5.11 Å². The SMILES string of the molecule is CSCC(O)Cc1cccc(F)c1Cl. The summed E-state index contributed by atoms with van der Waals surface area (Å²) >= 11 is 7.30. The Balaban J connectivity index is 2.71. The normalized spacial score (nSPS) is 12.9. The quantitative estimate of drug-likeness (QED) is 0.865. The number of rotatable bonds is 4. The van der Waals surface area contributed by atoms with Gasteiger partial charge in [0.05, 0.1) is 11.1 Å². The van der Waals surface area contributed by atoms with Crippen LogP contribution in [0.2, 0.25) is 5.02 Å². The van der Waals surface area contributed by atoms with E-state index < -0.39 is 11.9 Å². The van der Waals surface area contributed by atoms with E-state index in [0.29, 0.717) is 17.7 Å². The fourth-order valence-electron chi connectivity index (χ4n) is 1.21. The summed E-state index contributed by atoms with van der Waals surface area (Å²) in [5.74, 6) is 0.202. The van der Waals surface area contributed by atoms with Crippen molar-refractivity contribution in [3.8, 4) is 0 Å². The fraction of sp³-hybridized carbons (Fsp3) is 0.400. The lowest BCUT2D eigenvalue weighted by atomic mass is 10.1. The summed E-state index contributed by atoms with van der Waals surface area (Å²) in [5.41, 5.74) is 0.660. The molecule has 0 saturated heterocycles. The number of thioether (sulfide) groups is 1. The summed E-state index contributed by atoms with van der Waals surface area (Å²) in [6.45, 7) is 0. The Bertz CT molecular complexity index is 306. The van der Waals surface area contributed by atoms with E-state index in [1.54, 1.807) is 23.9 Å². The van der Waals surface area contributed by atoms with Gasteiger partial charge in [0.1, 0.15) is 5.82 Å². The van der Waals surface area contributed by atoms with E-state index in [1.165, 1.54) is 6.07 Å². The molecule has 0 saturated carbocycles. The molecular weight excluding hydrogens is 223 g/mol. The maximum atomic E-state index is 13.0. The first-order valence-corrected chi connectivity index (χ1v) is 6.02. The van der Waals surface area contributed by atoms with E-state index in [0.717, 1.165) is 0 Å². The van der Waals surface area contributed by atoms with Crippen molar-refractivity contribution in [1.82, 2.24) is 0 Å². The first-order valence-electron chi connectivity index (χ1n) is 4.25. The monoisotopic (exact) mass is 234 g/mol. The van der Waals surface area contributed by atoms with Crippen LogP contribution < -0.4 is 0 Å². The molecule has 1 aromatic rings. The van der Waals surface area contributed by atoms with Crippen LogP contribution in [0.25, 0.3) is 0 Å². The van der Waals surface area contributed by atoms with Crippen LogP contribution in [0, 0.1) is 5.82 Å². The zero-order valence-electron chi connectivity index (χ0n) is 7.84. The van der Waals surface area contributed by atoms with Crippen molar-refractivity contribution < 1.29 is 9.50 Å². The highest BCUT2D eigenvalue weighted by Crippen LogP contribution is 2.21. The third-order valence-electron chi connectivity index (χ3n) is 1.85. The molecule has 1 aromatic carbocycles. The first kappa shape index (κ1) is 11.8. The molecule has 14 heavy (non-hydrogen) atoms. The van der Waals surface area contributed by atoms with Crippen LogP contribution in [0.1, 0.15) is 5.56 Å². The van der Waals surface area contributed by atoms with Gasteiger partial charge in [-0.15, -0.1) is 0 Å². The summed E-state index contributed by atoms with van der Waals surface area (Å²) in [7, 11) is 0. The molecule has 1 atom stereocenters. The molecule has 0 radical (unpaired) electrons. The smallest absolute Gasteiger partial charge is 0.142 e. The molecule has 0 bridgehead atoms. The number of hydrogen-bond donors (Lipinski definition) is 1. The summed E-state index contributed by atoms with van der Waals surface area (Å²) in [6, 6.07) is 4.64. The van der Waals surface area contributed by atoms with Crippen molar-refractivity contribution in [1.29, 1.82) is 0 Å². The molecule has 0 aromatic heterocycles. The van der Waals surface area contributed by atoms with Gasteiger partial charge in [-0.1, -0.05) is 23.7 Å². The Morgan fingerprint density at radius 1 is 1.57 bits per heavy atom. The van der Waals surface area contributed by atoms with Crippen LogP contribution in [0.4, 0.5) is 4.39 Å². The van der Waals surface area contributed by atoms with Gasteiger partial charge in [-0.3, -0.25) is 0 Å². The zero-order valence-corrected chi connectivity index (χ0v) is 9.41. The van der Waals surface area contributed by atoms with Crippen molar-refractivity contribution in [3.05, 3.63) is 34.6 Å². The Morgan fingerprint density at radius 2 is 2.29 bits per heavy atom. The van der Waals surface area contributed by atoms with Crippen molar-refractivity contribution in [2.45, 2.75) is 12.5 Å². The van der Waals surface area contributed by atoms with Crippen LogP contribution >= 0.6 is 23.4 Å². The Hall–Kier alpha value is -0.250. The van der Waals surface area contributed by atoms with Gasteiger partial charge in [-0.2, -0.15) is 11.8 Å². The van der Waals surface area contributed by atoms with E-state index in [2.05, 4.69) is 0 Å². The lowest BCUT2D eigenvalue weighted by Gasteiger charge is -2.10. The van der Waals surface area contributed by atoms with E-state index in [-0.39, 0.29) is 5.02 Å². The van der Waals surface area contributed by atoms with Gasteiger partial charge in [-0.05, 0) is 17.9 Å². The lowest BCUT2D eigenvalue weighted by Crippen LogP contribution is -2.13. The molecule has 0 aliphatic carbocycles. The molecular formula is C10H12ClFOS. The summed E-state index contributed by atoms with van der Waals surface area (Å²) in [4.78, 5) is 0. The van der Waals surface area contributed by atoms with Gasteiger partial charge in [0.15, 0.2) is 0 Å². The first-order chi connectivity index (χ1) is 6.65. The van der Waals surface area contributed by atoms with Gasteiger partial charge >= 0.3 is 0 Å². The highest BCUT2D eigenvalue weighted by molar-refractivity contribution is 7.98. The summed E-state index contributed by atoms with van der Waals surface area (Å²) in [6.07, 6.45) is 1.85. The molecule has 78 valence electrons. The minimum atomic E-state index is -0.468. The maximum absolute atomic E-state index is 13.0. The largest absolute Gasteiger partial charge is 0.392 e. The Kier molecular flexibility index (Phi) is 4.72. The molecule has 1 rings (SSSR count). The second-order valence-electron chi connectivity index (χ2n) is 3.03. The van der Waals surface area contributed by atoms with E-state index in [1.807, 2.05) is 6.26 Å². The van der Waals surface area contributed by atoms with Crippen molar-refractivity contribution >= 4 is 23.4 Å². The second-order valence-corrected chi connectivity index (χ2v) is 4.31. The molecule has 4 heteroatoms. The third kappa shape index (κ3) is 3.15. The van der Waals surface area contributed by atoms with Crippen molar-refractivity contribution in [2.75, 3.05) is 12.0 Å². The minimum Gasteiger partial charge on any atom is -0.392 e. The van der Waals surface area contributed by atoms with Gasteiger partial charge in [0.25, 0.3) is 0 Å². The van der Waals surface area contributed by atoms with Crippen molar-refractivity contribution in [2.24, 2.45) is 0 Å². The van der Waals surface area contributed by atoms with E-state index in [9.17, 15) is 9.50 Å². The molecule has 0 aliphatic heterocycles. The maximum Gasteiger partial charge on any atom is 0.142 e. The number of benzene rings is 1. The van der Waals surface area contributed by atoms with E-state index in [4.69, 9.17) is 11.6 Å². The van der Waals surface area contributed by atoms with E-state index >= 15 is 0 Å². The van der Waals surface area contributed by atoms with Gasteiger partial charge in [0, 0.05) is 12.2 Å². The average molecular weight is 235 g/mol. The predicted octanol–water partition coefficient (Wildman–Crippen LogP) is 2.75. The standard InChI is InChI=1S/C10H12ClFOS/c1-14-6-8(13)5-7-3-2-4-9(12)10(7)11/h2-4,8,13H,5-6H2,1H3. The highest BCUT2D eigenvalue weighted by Gasteiger charge is 2.10. The highest BCUT2D eigenvalue weighted by atomic mass is 35.5. The van der Waals surface area contributed by atoms with Crippen LogP contribution in [0.3, 0.4) is 0 Å². The Labute approximate surface area is 92.3 Å². The number of aliphatic hydroxyl groups is 1. The fourth-order valence-corrected chi connectivity index (χ4v) is 1.92. The van der Waals surface area contributed by atoms with Gasteiger partial charge in [0.2, 0.25) is 0 Å². The predicted molar refractivity (Wildman–Crippen MR) is 59.5 cm³/mol. The molecule has 1 unspecified atom stereocenters. The number of halogens is 2. The third-order valence-corrected chi connectivity index (χ3v) is 2.99. The number of aliphatic hydroxyl groups excluding tert-OH is 1. The molecule has 0 amide bonds. The second kappa shape index (κ2) is 5.59. The van der Waals surface area contributed by atoms with Crippen LogP contribution in [0.5, 0.6) is 0 Å². The van der Waals surface area contributed by atoms with Crippen LogP contribution in [0.15, 0.2) is 18.2 Å². The Morgan fingerprint density at radius 3 is 2.93 bits per heavy atom. The van der Waals surface area contributed by atoms with Crippen LogP contribution in [-0.4, -0.2) is 23.2 Å². The van der Waals surface area contributed by atoms with Gasteiger partial charge in [-0.25, -0.2) is 4.39 Å². The van der Waals surface area contributed by atoms with Crippen LogP contribution in [-0.2, 0) is 6.42 Å². The summed E-state index contributed by atoms with van der Waals surface area (Å²) in [5, 5.41) is 9.63.